The number of carboxylic acid groups (broad SMARTS) is 1. The van der Waals surface area contributed by atoms with Crippen molar-refractivity contribution in [1.82, 2.24) is 9.78 Å². The van der Waals surface area contributed by atoms with E-state index in [4.69, 9.17) is 10.8 Å². The fourth-order valence-corrected chi connectivity index (χ4v) is 1.98. The Hall–Kier alpha value is -2.30. The van der Waals surface area contributed by atoms with Crippen molar-refractivity contribution in [3.8, 4) is 0 Å². The van der Waals surface area contributed by atoms with Crippen LogP contribution in [-0.4, -0.2) is 20.9 Å². The van der Waals surface area contributed by atoms with Gasteiger partial charge in [-0.3, -0.25) is 4.68 Å². The molecule has 1 heterocycles. The smallest absolute Gasteiger partial charge is 0.358 e. The van der Waals surface area contributed by atoms with Gasteiger partial charge in [-0.15, -0.1) is 0 Å². The molecule has 5 nitrogen and oxygen atoms in total. The van der Waals surface area contributed by atoms with Crippen LogP contribution in [0.2, 0.25) is 0 Å². The van der Waals surface area contributed by atoms with E-state index < -0.39 is 5.97 Å². The zero-order chi connectivity index (χ0) is 14.9. The summed E-state index contributed by atoms with van der Waals surface area (Å²) in [5.74, 6) is -1.11. The number of aromatic nitrogens is 2. The second-order valence-electron chi connectivity index (χ2n) is 5.88. The minimum Gasteiger partial charge on any atom is -0.476 e. The van der Waals surface area contributed by atoms with E-state index in [1.807, 2.05) is 12.1 Å². The largest absolute Gasteiger partial charge is 0.476 e. The monoisotopic (exact) mass is 273 g/mol. The SMILES string of the molecule is CC(C)(C)c1ccc(Cn2cc(N)c(C(=O)O)n2)cc1. The van der Waals surface area contributed by atoms with Crippen molar-refractivity contribution in [2.75, 3.05) is 5.73 Å². The van der Waals surface area contributed by atoms with Gasteiger partial charge in [-0.2, -0.15) is 5.10 Å². The van der Waals surface area contributed by atoms with Crippen molar-refractivity contribution in [3.63, 3.8) is 0 Å². The number of hydrogen-bond donors (Lipinski definition) is 2. The Bertz CT molecular complexity index is 622. The molecule has 0 saturated carbocycles. The summed E-state index contributed by atoms with van der Waals surface area (Å²) in [6.07, 6.45) is 1.54. The van der Waals surface area contributed by atoms with E-state index in [0.29, 0.717) is 6.54 Å². The number of aromatic carboxylic acids is 1. The lowest BCUT2D eigenvalue weighted by molar-refractivity contribution is 0.0690. The molecule has 0 saturated heterocycles. The molecule has 0 aliphatic heterocycles. The Morgan fingerprint density at radius 2 is 1.90 bits per heavy atom. The summed E-state index contributed by atoms with van der Waals surface area (Å²) < 4.78 is 1.55. The molecule has 106 valence electrons. The Morgan fingerprint density at radius 3 is 2.35 bits per heavy atom. The van der Waals surface area contributed by atoms with E-state index >= 15 is 0 Å². The normalized spacial score (nSPS) is 11.6. The number of carboxylic acids is 1. The predicted octanol–water partition coefficient (Wildman–Crippen LogP) is 2.51. The molecule has 0 unspecified atom stereocenters. The molecule has 0 spiro atoms. The van der Waals surface area contributed by atoms with E-state index in [9.17, 15) is 4.79 Å². The van der Waals surface area contributed by atoms with Crippen LogP contribution in [0.15, 0.2) is 30.5 Å². The maximum Gasteiger partial charge on any atom is 0.358 e. The Morgan fingerprint density at radius 1 is 1.30 bits per heavy atom. The molecule has 5 heteroatoms. The van der Waals surface area contributed by atoms with Gasteiger partial charge >= 0.3 is 5.97 Å². The third-order valence-corrected chi connectivity index (χ3v) is 3.16. The van der Waals surface area contributed by atoms with Gasteiger partial charge in [0.05, 0.1) is 12.2 Å². The van der Waals surface area contributed by atoms with Crippen LogP contribution in [0.3, 0.4) is 0 Å². The minimum absolute atomic E-state index is 0.101. The molecule has 0 amide bonds. The van der Waals surface area contributed by atoms with Crippen LogP contribution in [0.4, 0.5) is 5.69 Å². The highest BCUT2D eigenvalue weighted by atomic mass is 16.4. The van der Waals surface area contributed by atoms with Gasteiger partial charge in [-0.1, -0.05) is 45.0 Å². The van der Waals surface area contributed by atoms with Gasteiger partial charge in [-0.05, 0) is 16.5 Å². The maximum atomic E-state index is 10.9. The fourth-order valence-electron chi connectivity index (χ4n) is 1.98. The van der Waals surface area contributed by atoms with Crippen LogP contribution in [0.5, 0.6) is 0 Å². The van der Waals surface area contributed by atoms with Crippen molar-refractivity contribution in [2.24, 2.45) is 0 Å². The van der Waals surface area contributed by atoms with Crippen molar-refractivity contribution in [3.05, 3.63) is 47.3 Å². The van der Waals surface area contributed by atoms with Crippen molar-refractivity contribution < 1.29 is 9.90 Å². The zero-order valence-corrected chi connectivity index (χ0v) is 11.9. The summed E-state index contributed by atoms with van der Waals surface area (Å²) in [7, 11) is 0. The highest BCUT2D eigenvalue weighted by Gasteiger charge is 2.14. The third-order valence-electron chi connectivity index (χ3n) is 3.16. The topological polar surface area (TPSA) is 81.1 Å². The van der Waals surface area contributed by atoms with E-state index in [1.54, 1.807) is 10.9 Å². The molecule has 0 radical (unpaired) electrons. The van der Waals surface area contributed by atoms with Crippen LogP contribution < -0.4 is 5.73 Å². The quantitative estimate of drug-likeness (QED) is 0.900. The number of hydrogen-bond acceptors (Lipinski definition) is 3. The van der Waals surface area contributed by atoms with Crippen LogP contribution >= 0.6 is 0 Å². The number of carbonyl (C=O) groups is 1. The van der Waals surface area contributed by atoms with Crippen molar-refractivity contribution in [1.29, 1.82) is 0 Å². The van der Waals surface area contributed by atoms with Gasteiger partial charge in [0, 0.05) is 6.20 Å². The number of rotatable bonds is 3. The fraction of sp³-hybridized carbons (Fsp3) is 0.333. The van der Waals surface area contributed by atoms with Crippen molar-refractivity contribution in [2.45, 2.75) is 32.7 Å². The van der Waals surface area contributed by atoms with E-state index in [-0.39, 0.29) is 16.8 Å². The number of benzene rings is 1. The highest BCUT2D eigenvalue weighted by Crippen LogP contribution is 2.22. The molecule has 1 aromatic carbocycles. The summed E-state index contributed by atoms with van der Waals surface area (Å²) in [6.45, 7) is 6.99. The minimum atomic E-state index is -1.11. The number of nitrogen functional groups attached to an aromatic ring is 1. The lowest BCUT2D eigenvalue weighted by Gasteiger charge is -2.19. The van der Waals surface area contributed by atoms with Crippen molar-refractivity contribution >= 4 is 11.7 Å². The van der Waals surface area contributed by atoms with Gasteiger partial charge < -0.3 is 10.8 Å². The molecule has 1 aromatic heterocycles. The first-order chi connectivity index (χ1) is 9.27. The third kappa shape index (κ3) is 2.99. The van der Waals surface area contributed by atoms with Crippen LogP contribution in [0.1, 0.15) is 42.4 Å². The summed E-state index contributed by atoms with van der Waals surface area (Å²) >= 11 is 0. The molecule has 3 N–H and O–H groups in total. The van der Waals surface area contributed by atoms with Gasteiger partial charge in [0.1, 0.15) is 0 Å². The van der Waals surface area contributed by atoms with E-state index in [1.165, 1.54) is 5.56 Å². The molecule has 0 bridgehead atoms. The first-order valence-corrected chi connectivity index (χ1v) is 6.43. The molecule has 2 aromatic rings. The standard InChI is InChI=1S/C15H19N3O2/c1-15(2,3)11-6-4-10(5-7-11)8-18-9-12(16)13(17-18)14(19)20/h4-7,9H,8,16H2,1-3H3,(H,19,20). The number of anilines is 1. The average molecular weight is 273 g/mol. The average Bonchev–Trinajstić information content (AvgIpc) is 2.70. The molecule has 0 aliphatic carbocycles. The second-order valence-corrected chi connectivity index (χ2v) is 5.88. The molecular formula is C15H19N3O2. The lowest BCUT2D eigenvalue weighted by Crippen LogP contribution is -2.11. The summed E-state index contributed by atoms with van der Waals surface area (Å²) in [5.41, 5.74) is 8.12. The summed E-state index contributed by atoms with van der Waals surface area (Å²) in [5, 5.41) is 12.9. The van der Waals surface area contributed by atoms with E-state index in [0.717, 1.165) is 5.56 Å². The van der Waals surface area contributed by atoms with Crippen LogP contribution in [-0.2, 0) is 12.0 Å². The predicted molar refractivity (Wildman–Crippen MR) is 77.8 cm³/mol. The first-order valence-electron chi connectivity index (χ1n) is 6.43. The van der Waals surface area contributed by atoms with Gasteiger partial charge in [0.25, 0.3) is 0 Å². The van der Waals surface area contributed by atoms with Gasteiger partial charge in [0.15, 0.2) is 5.69 Å². The summed E-state index contributed by atoms with van der Waals surface area (Å²) in [6, 6.07) is 8.22. The Kier molecular flexibility index (Phi) is 3.53. The van der Waals surface area contributed by atoms with Gasteiger partial charge in [-0.25, -0.2) is 4.79 Å². The molecular weight excluding hydrogens is 254 g/mol. The number of nitrogens with two attached hydrogens (primary N) is 1. The molecule has 0 fully saturated rings. The van der Waals surface area contributed by atoms with Crippen LogP contribution in [0, 0.1) is 0 Å². The molecule has 2 rings (SSSR count). The second kappa shape index (κ2) is 5.00. The van der Waals surface area contributed by atoms with Crippen LogP contribution in [0.25, 0.3) is 0 Å². The molecule has 0 aliphatic rings. The molecule has 20 heavy (non-hydrogen) atoms. The Balaban J connectivity index is 2.18. The Labute approximate surface area is 118 Å². The maximum absolute atomic E-state index is 10.9. The first kappa shape index (κ1) is 14.1. The van der Waals surface area contributed by atoms with Gasteiger partial charge in [0.2, 0.25) is 0 Å². The number of nitrogens with zero attached hydrogens (tertiary/aromatic N) is 2. The van der Waals surface area contributed by atoms with E-state index in [2.05, 4.69) is 38.0 Å². The summed E-state index contributed by atoms with van der Waals surface area (Å²) in [4.78, 5) is 10.9. The lowest BCUT2D eigenvalue weighted by atomic mass is 9.87. The highest BCUT2D eigenvalue weighted by molar-refractivity contribution is 5.91. The zero-order valence-electron chi connectivity index (χ0n) is 11.9. The molecule has 0 atom stereocenters.